The summed E-state index contributed by atoms with van der Waals surface area (Å²) in [7, 11) is -3.06. The standard InChI is InChI=1S/C11H15NO3S/c13-11-3-1-2-9(4-11)7-16(14,15)8-10-5-12-6-10/h1-4,10,12-13H,5-8H2. The van der Waals surface area contributed by atoms with Crippen molar-refractivity contribution in [3.63, 3.8) is 0 Å². The van der Waals surface area contributed by atoms with E-state index in [0.29, 0.717) is 5.56 Å². The van der Waals surface area contributed by atoms with Crippen molar-refractivity contribution in [3.05, 3.63) is 29.8 Å². The van der Waals surface area contributed by atoms with Gasteiger partial charge < -0.3 is 10.4 Å². The van der Waals surface area contributed by atoms with Crippen molar-refractivity contribution in [2.45, 2.75) is 5.75 Å². The Bertz CT molecular complexity index is 466. The summed E-state index contributed by atoms with van der Waals surface area (Å²) in [6.45, 7) is 1.58. The van der Waals surface area contributed by atoms with Gasteiger partial charge in [0.15, 0.2) is 9.84 Å². The van der Waals surface area contributed by atoms with Gasteiger partial charge in [0, 0.05) is 13.1 Å². The fraction of sp³-hybridized carbons (Fsp3) is 0.455. The van der Waals surface area contributed by atoms with E-state index in [-0.39, 0.29) is 23.2 Å². The maximum atomic E-state index is 11.8. The zero-order valence-electron chi connectivity index (χ0n) is 8.89. The Hall–Kier alpha value is -1.07. The van der Waals surface area contributed by atoms with Crippen molar-refractivity contribution in [2.24, 2.45) is 5.92 Å². The van der Waals surface area contributed by atoms with Crippen LogP contribution in [0.5, 0.6) is 5.75 Å². The fourth-order valence-electron chi connectivity index (χ4n) is 1.78. The van der Waals surface area contributed by atoms with Crippen LogP contribution in [-0.4, -0.2) is 32.4 Å². The number of hydrogen-bond acceptors (Lipinski definition) is 4. The average molecular weight is 241 g/mol. The minimum Gasteiger partial charge on any atom is -0.508 e. The van der Waals surface area contributed by atoms with Crippen LogP contribution in [-0.2, 0) is 15.6 Å². The molecule has 5 heteroatoms. The number of nitrogens with one attached hydrogen (secondary N) is 1. The number of aromatic hydroxyl groups is 1. The van der Waals surface area contributed by atoms with Gasteiger partial charge in [-0.25, -0.2) is 8.42 Å². The van der Waals surface area contributed by atoms with Crippen LogP contribution in [0.2, 0.25) is 0 Å². The molecule has 0 amide bonds. The number of phenols is 1. The fourth-order valence-corrected chi connectivity index (χ4v) is 3.54. The molecule has 16 heavy (non-hydrogen) atoms. The minimum atomic E-state index is -3.06. The molecule has 1 aliphatic rings. The first-order chi connectivity index (χ1) is 7.55. The zero-order chi connectivity index (χ0) is 11.6. The number of phenolic OH excluding ortho intramolecular Hbond substituents is 1. The first kappa shape index (κ1) is 11.4. The van der Waals surface area contributed by atoms with Gasteiger partial charge in [-0.1, -0.05) is 12.1 Å². The zero-order valence-corrected chi connectivity index (χ0v) is 9.70. The Morgan fingerprint density at radius 1 is 1.38 bits per heavy atom. The van der Waals surface area contributed by atoms with Gasteiger partial charge >= 0.3 is 0 Å². The second kappa shape index (κ2) is 4.43. The summed E-state index contributed by atoms with van der Waals surface area (Å²) in [4.78, 5) is 0. The van der Waals surface area contributed by atoms with Gasteiger partial charge in [-0.15, -0.1) is 0 Å². The van der Waals surface area contributed by atoms with Crippen LogP contribution < -0.4 is 5.32 Å². The van der Waals surface area contributed by atoms with Gasteiger partial charge in [0.25, 0.3) is 0 Å². The van der Waals surface area contributed by atoms with Crippen molar-refractivity contribution >= 4 is 9.84 Å². The van der Waals surface area contributed by atoms with Gasteiger partial charge in [-0.05, 0) is 23.6 Å². The third kappa shape index (κ3) is 2.96. The van der Waals surface area contributed by atoms with Crippen LogP contribution in [0.1, 0.15) is 5.56 Å². The molecule has 0 radical (unpaired) electrons. The molecule has 1 aliphatic heterocycles. The Labute approximate surface area is 95.2 Å². The lowest BCUT2D eigenvalue weighted by molar-refractivity contribution is 0.378. The minimum absolute atomic E-state index is 0.0118. The molecule has 0 aliphatic carbocycles. The highest BCUT2D eigenvalue weighted by Gasteiger charge is 2.24. The molecular formula is C11H15NO3S. The first-order valence-electron chi connectivity index (χ1n) is 5.24. The number of benzene rings is 1. The molecule has 0 atom stereocenters. The Morgan fingerprint density at radius 2 is 2.12 bits per heavy atom. The van der Waals surface area contributed by atoms with Crippen LogP contribution in [0.4, 0.5) is 0 Å². The molecular weight excluding hydrogens is 226 g/mol. The highest BCUT2D eigenvalue weighted by atomic mass is 32.2. The van der Waals surface area contributed by atoms with Crippen LogP contribution in [0.15, 0.2) is 24.3 Å². The number of hydrogen-bond donors (Lipinski definition) is 2. The largest absolute Gasteiger partial charge is 0.508 e. The van der Waals surface area contributed by atoms with E-state index in [9.17, 15) is 13.5 Å². The number of rotatable bonds is 4. The maximum Gasteiger partial charge on any atom is 0.154 e. The lowest BCUT2D eigenvalue weighted by Crippen LogP contribution is -2.45. The van der Waals surface area contributed by atoms with Crippen molar-refractivity contribution in [2.75, 3.05) is 18.8 Å². The Balaban J connectivity index is 2.02. The van der Waals surface area contributed by atoms with Crippen LogP contribution in [0.3, 0.4) is 0 Å². The van der Waals surface area contributed by atoms with Gasteiger partial charge in [0.05, 0.1) is 11.5 Å². The van der Waals surface area contributed by atoms with Gasteiger partial charge in [0.1, 0.15) is 5.75 Å². The Kier molecular flexibility index (Phi) is 3.16. The summed E-state index contributed by atoms with van der Waals surface area (Å²) >= 11 is 0. The summed E-state index contributed by atoms with van der Waals surface area (Å²) in [5.74, 6) is 0.605. The molecule has 1 fully saturated rings. The van der Waals surface area contributed by atoms with Gasteiger partial charge in [-0.3, -0.25) is 0 Å². The number of sulfone groups is 1. The highest BCUT2D eigenvalue weighted by molar-refractivity contribution is 7.90. The lowest BCUT2D eigenvalue weighted by Gasteiger charge is -2.26. The van der Waals surface area contributed by atoms with E-state index in [1.165, 1.54) is 12.1 Å². The summed E-state index contributed by atoms with van der Waals surface area (Å²) < 4.78 is 23.6. The average Bonchev–Trinajstić information content (AvgIpc) is 2.11. The molecule has 1 saturated heterocycles. The smallest absolute Gasteiger partial charge is 0.154 e. The third-order valence-electron chi connectivity index (χ3n) is 2.65. The molecule has 1 aromatic carbocycles. The van der Waals surface area contributed by atoms with Crippen molar-refractivity contribution in [3.8, 4) is 5.75 Å². The molecule has 2 rings (SSSR count). The molecule has 0 unspecified atom stereocenters. The van der Waals surface area contributed by atoms with E-state index >= 15 is 0 Å². The van der Waals surface area contributed by atoms with Gasteiger partial charge in [0.2, 0.25) is 0 Å². The highest BCUT2D eigenvalue weighted by Crippen LogP contribution is 2.16. The topological polar surface area (TPSA) is 66.4 Å². The van der Waals surface area contributed by atoms with Crippen molar-refractivity contribution in [1.82, 2.24) is 5.32 Å². The quantitative estimate of drug-likeness (QED) is 0.807. The lowest BCUT2D eigenvalue weighted by atomic mass is 10.1. The van der Waals surface area contributed by atoms with E-state index in [2.05, 4.69) is 5.32 Å². The predicted molar refractivity (Wildman–Crippen MR) is 62.0 cm³/mol. The first-order valence-corrected chi connectivity index (χ1v) is 7.06. The van der Waals surface area contributed by atoms with E-state index in [0.717, 1.165) is 13.1 Å². The molecule has 4 nitrogen and oxygen atoms in total. The molecule has 0 spiro atoms. The summed E-state index contributed by atoms with van der Waals surface area (Å²) in [6.07, 6.45) is 0. The van der Waals surface area contributed by atoms with Crippen molar-refractivity contribution in [1.29, 1.82) is 0 Å². The van der Waals surface area contributed by atoms with Crippen molar-refractivity contribution < 1.29 is 13.5 Å². The monoisotopic (exact) mass is 241 g/mol. The molecule has 0 aromatic heterocycles. The SMILES string of the molecule is O=S(=O)(Cc1cccc(O)c1)CC1CNC1. The maximum absolute atomic E-state index is 11.8. The second-order valence-corrected chi connectivity index (χ2v) is 6.36. The second-order valence-electron chi connectivity index (χ2n) is 4.25. The molecule has 1 heterocycles. The molecule has 2 N–H and O–H groups in total. The van der Waals surface area contributed by atoms with Gasteiger partial charge in [-0.2, -0.15) is 0 Å². The van der Waals surface area contributed by atoms with Crippen LogP contribution in [0.25, 0.3) is 0 Å². The van der Waals surface area contributed by atoms with E-state index in [4.69, 9.17) is 0 Å². The van der Waals surface area contributed by atoms with E-state index in [1.54, 1.807) is 12.1 Å². The summed E-state index contributed by atoms with van der Waals surface area (Å²) in [6, 6.07) is 6.41. The molecule has 88 valence electrons. The predicted octanol–water partition coefficient (Wildman–Crippen LogP) is 0.526. The van der Waals surface area contributed by atoms with E-state index < -0.39 is 9.84 Å². The van der Waals surface area contributed by atoms with E-state index in [1.807, 2.05) is 0 Å². The molecule has 0 saturated carbocycles. The summed E-state index contributed by atoms with van der Waals surface area (Å²) in [5.41, 5.74) is 0.646. The van der Waals surface area contributed by atoms with Crippen LogP contribution >= 0.6 is 0 Å². The summed E-state index contributed by atoms with van der Waals surface area (Å²) in [5, 5.41) is 12.3. The Morgan fingerprint density at radius 3 is 2.69 bits per heavy atom. The normalized spacial score (nSPS) is 17.0. The van der Waals surface area contributed by atoms with Crippen LogP contribution in [0, 0.1) is 5.92 Å². The molecule has 1 aromatic rings. The molecule has 0 bridgehead atoms. The third-order valence-corrected chi connectivity index (χ3v) is 4.41.